The Morgan fingerprint density at radius 2 is 2.06 bits per heavy atom. The van der Waals surface area contributed by atoms with Crippen molar-refractivity contribution in [3.05, 3.63) is 29.6 Å². The Balaban J connectivity index is 1.92. The maximum atomic E-state index is 13.1. The first-order valence-electron chi connectivity index (χ1n) is 6.37. The van der Waals surface area contributed by atoms with E-state index in [-0.39, 0.29) is 5.82 Å². The third-order valence-electron chi connectivity index (χ3n) is 3.59. The molecule has 1 aliphatic rings. The van der Waals surface area contributed by atoms with Crippen LogP contribution in [-0.2, 0) is 6.54 Å². The van der Waals surface area contributed by atoms with Gasteiger partial charge in [-0.15, -0.1) is 0 Å². The van der Waals surface area contributed by atoms with Crippen molar-refractivity contribution in [1.29, 1.82) is 0 Å². The maximum absolute atomic E-state index is 13.1. The molecule has 0 unspecified atom stereocenters. The van der Waals surface area contributed by atoms with E-state index in [1.165, 1.54) is 31.7 Å². The molecule has 0 amide bonds. The zero-order valence-corrected chi connectivity index (χ0v) is 10.5. The van der Waals surface area contributed by atoms with Crippen molar-refractivity contribution in [1.82, 2.24) is 4.90 Å². The van der Waals surface area contributed by atoms with Crippen molar-refractivity contribution >= 4 is 5.69 Å². The lowest BCUT2D eigenvalue weighted by Crippen LogP contribution is -2.24. The highest BCUT2D eigenvalue weighted by Gasteiger charge is 2.17. The Kier molecular flexibility index (Phi) is 4.00. The van der Waals surface area contributed by atoms with Crippen molar-refractivity contribution in [2.24, 2.45) is 5.92 Å². The van der Waals surface area contributed by atoms with Crippen LogP contribution in [0.5, 0.6) is 0 Å². The summed E-state index contributed by atoms with van der Waals surface area (Å²) in [5.41, 5.74) is 7.43. The molecule has 0 aromatic heterocycles. The standard InChI is InChI=1S/C14H21FN2/c1-17(9-11-4-2-3-5-11)10-12-8-13(15)6-7-14(12)16/h6-8,11H,2-5,9-10,16H2,1H3. The molecule has 94 valence electrons. The molecule has 1 saturated carbocycles. The van der Waals surface area contributed by atoms with Gasteiger partial charge in [-0.05, 0) is 49.6 Å². The summed E-state index contributed by atoms with van der Waals surface area (Å²) in [6.07, 6.45) is 5.40. The summed E-state index contributed by atoms with van der Waals surface area (Å²) in [7, 11) is 2.09. The summed E-state index contributed by atoms with van der Waals surface area (Å²) >= 11 is 0. The second-order valence-electron chi connectivity index (χ2n) is 5.19. The number of benzene rings is 1. The Morgan fingerprint density at radius 1 is 1.35 bits per heavy atom. The van der Waals surface area contributed by atoms with Crippen molar-refractivity contribution in [2.75, 3.05) is 19.3 Å². The second-order valence-corrected chi connectivity index (χ2v) is 5.19. The molecule has 1 aromatic rings. The van der Waals surface area contributed by atoms with Gasteiger partial charge in [-0.3, -0.25) is 0 Å². The van der Waals surface area contributed by atoms with E-state index in [0.717, 1.165) is 24.6 Å². The zero-order valence-electron chi connectivity index (χ0n) is 10.5. The minimum absolute atomic E-state index is 0.205. The van der Waals surface area contributed by atoms with Gasteiger partial charge in [-0.1, -0.05) is 12.8 Å². The molecular weight excluding hydrogens is 215 g/mol. The molecule has 2 N–H and O–H groups in total. The quantitative estimate of drug-likeness (QED) is 0.814. The summed E-state index contributed by atoms with van der Waals surface area (Å²) in [5, 5.41) is 0. The molecule has 0 heterocycles. The van der Waals surface area contributed by atoms with Crippen LogP contribution >= 0.6 is 0 Å². The third-order valence-corrected chi connectivity index (χ3v) is 3.59. The Labute approximate surface area is 103 Å². The van der Waals surface area contributed by atoms with Crippen LogP contribution in [0.2, 0.25) is 0 Å². The van der Waals surface area contributed by atoms with E-state index in [9.17, 15) is 4.39 Å². The fraction of sp³-hybridized carbons (Fsp3) is 0.571. The first-order valence-corrected chi connectivity index (χ1v) is 6.37. The first kappa shape index (κ1) is 12.4. The largest absolute Gasteiger partial charge is 0.398 e. The van der Waals surface area contributed by atoms with Crippen LogP contribution in [0.3, 0.4) is 0 Å². The number of anilines is 1. The minimum Gasteiger partial charge on any atom is -0.398 e. The summed E-state index contributed by atoms with van der Waals surface area (Å²) in [6.45, 7) is 1.83. The molecule has 1 fully saturated rings. The number of hydrogen-bond donors (Lipinski definition) is 1. The molecular formula is C14H21FN2. The smallest absolute Gasteiger partial charge is 0.123 e. The molecule has 0 spiro atoms. The SMILES string of the molecule is CN(Cc1cc(F)ccc1N)CC1CCCC1. The summed E-state index contributed by atoms with van der Waals surface area (Å²) < 4.78 is 13.1. The van der Waals surface area contributed by atoms with Crippen molar-refractivity contribution in [2.45, 2.75) is 32.2 Å². The van der Waals surface area contributed by atoms with Gasteiger partial charge in [0.2, 0.25) is 0 Å². The molecule has 0 atom stereocenters. The van der Waals surface area contributed by atoms with E-state index in [4.69, 9.17) is 5.73 Å². The average molecular weight is 236 g/mol. The molecule has 0 radical (unpaired) electrons. The summed E-state index contributed by atoms with van der Waals surface area (Å²) in [5.74, 6) is 0.609. The monoisotopic (exact) mass is 236 g/mol. The van der Waals surface area contributed by atoms with Crippen LogP contribution < -0.4 is 5.73 Å². The highest BCUT2D eigenvalue weighted by Crippen LogP contribution is 2.26. The fourth-order valence-corrected chi connectivity index (χ4v) is 2.70. The fourth-order valence-electron chi connectivity index (χ4n) is 2.70. The normalized spacial score (nSPS) is 16.9. The molecule has 2 nitrogen and oxygen atoms in total. The van der Waals surface area contributed by atoms with Gasteiger partial charge in [-0.25, -0.2) is 4.39 Å². The van der Waals surface area contributed by atoms with Gasteiger partial charge in [0.05, 0.1) is 0 Å². The lowest BCUT2D eigenvalue weighted by molar-refractivity contribution is 0.271. The zero-order chi connectivity index (χ0) is 12.3. The summed E-state index contributed by atoms with van der Waals surface area (Å²) in [6, 6.07) is 4.60. The lowest BCUT2D eigenvalue weighted by atomic mass is 10.1. The van der Waals surface area contributed by atoms with Crippen molar-refractivity contribution < 1.29 is 4.39 Å². The van der Waals surface area contributed by atoms with Gasteiger partial charge < -0.3 is 10.6 Å². The molecule has 0 aliphatic heterocycles. The molecule has 17 heavy (non-hydrogen) atoms. The first-order chi connectivity index (χ1) is 8.15. The predicted molar refractivity (Wildman–Crippen MR) is 69.1 cm³/mol. The van der Waals surface area contributed by atoms with Gasteiger partial charge in [0.25, 0.3) is 0 Å². The lowest BCUT2D eigenvalue weighted by Gasteiger charge is -2.21. The van der Waals surface area contributed by atoms with Crippen molar-refractivity contribution in [3.63, 3.8) is 0 Å². The number of halogens is 1. The predicted octanol–water partition coefficient (Wildman–Crippen LogP) is 3.03. The Hall–Kier alpha value is -1.09. The van der Waals surface area contributed by atoms with Crippen LogP contribution in [0.1, 0.15) is 31.2 Å². The topological polar surface area (TPSA) is 29.3 Å². The molecule has 1 aromatic carbocycles. The van der Waals surface area contributed by atoms with Crippen LogP contribution in [0.4, 0.5) is 10.1 Å². The average Bonchev–Trinajstić information content (AvgIpc) is 2.76. The maximum Gasteiger partial charge on any atom is 0.123 e. The molecule has 0 bridgehead atoms. The number of nitrogens with two attached hydrogens (primary N) is 1. The van der Waals surface area contributed by atoms with E-state index >= 15 is 0 Å². The van der Waals surface area contributed by atoms with Gasteiger partial charge in [-0.2, -0.15) is 0 Å². The Morgan fingerprint density at radius 3 is 2.76 bits per heavy atom. The van der Waals surface area contributed by atoms with Gasteiger partial charge >= 0.3 is 0 Å². The van der Waals surface area contributed by atoms with Gasteiger partial charge in [0.15, 0.2) is 0 Å². The number of nitrogens with zero attached hydrogens (tertiary/aromatic N) is 1. The van der Waals surface area contributed by atoms with Crippen molar-refractivity contribution in [3.8, 4) is 0 Å². The van der Waals surface area contributed by atoms with Gasteiger partial charge in [0, 0.05) is 18.8 Å². The number of nitrogen functional groups attached to an aromatic ring is 1. The van der Waals surface area contributed by atoms with E-state index < -0.39 is 0 Å². The molecule has 1 aliphatic carbocycles. The molecule has 0 saturated heterocycles. The molecule has 2 rings (SSSR count). The van der Waals surface area contributed by atoms with Gasteiger partial charge in [0.1, 0.15) is 5.82 Å². The highest BCUT2D eigenvalue weighted by molar-refractivity contribution is 5.46. The number of rotatable bonds is 4. The molecule has 3 heteroatoms. The van der Waals surface area contributed by atoms with E-state index in [2.05, 4.69) is 11.9 Å². The Bertz CT molecular complexity index is 372. The van der Waals surface area contributed by atoms with Crippen LogP contribution in [0.25, 0.3) is 0 Å². The van der Waals surface area contributed by atoms with Crippen LogP contribution in [0.15, 0.2) is 18.2 Å². The second kappa shape index (κ2) is 5.50. The number of hydrogen-bond acceptors (Lipinski definition) is 2. The van der Waals surface area contributed by atoms with Crippen LogP contribution in [0, 0.1) is 11.7 Å². The highest BCUT2D eigenvalue weighted by atomic mass is 19.1. The van der Waals surface area contributed by atoms with E-state index in [1.807, 2.05) is 0 Å². The van der Waals surface area contributed by atoms with E-state index in [0.29, 0.717) is 5.69 Å². The minimum atomic E-state index is -0.205. The summed E-state index contributed by atoms with van der Waals surface area (Å²) in [4.78, 5) is 2.25. The van der Waals surface area contributed by atoms with E-state index in [1.54, 1.807) is 12.1 Å². The third kappa shape index (κ3) is 3.43. The van der Waals surface area contributed by atoms with Crippen LogP contribution in [-0.4, -0.2) is 18.5 Å².